The minimum absolute atomic E-state index is 0.273. The summed E-state index contributed by atoms with van der Waals surface area (Å²) in [4.78, 5) is 0. The van der Waals surface area contributed by atoms with Crippen molar-refractivity contribution in [3.05, 3.63) is 0 Å². The Balaban J connectivity index is 2.40. The highest BCUT2D eigenvalue weighted by Gasteiger charge is 2.27. The van der Waals surface area contributed by atoms with E-state index in [1.165, 1.54) is 38.4 Å². The van der Waals surface area contributed by atoms with Crippen LogP contribution in [-0.2, 0) is 9.84 Å². The van der Waals surface area contributed by atoms with E-state index in [0.29, 0.717) is 12.3 Å². The zero-order valence-electron chi connectivity index (χ0n) is 11.7. The fraction of sp³-hybridized carbons (Fsp3) is 1.00. The molecule has 3 unspecified atom stereocenters. The average molecular weight is 276 g/mol. The van der Waals surface area contributed by atoms with Gasteiger partial charge < -0.3 is 0 Å². The molecule has 0 heterocycles. The topological polar surface area (TPSA) is 72.2 Å². The summed E-state index contributed by atoms with van der Waals surface area (Å²) in [6.07, 6.45) is 9.21. The van der Waals surface area contributed by atoms with Gasteiger partial charge in [-0.3, -0.25) is 11.3 Å². The molecule has 0 saturated heterocycles. The molecule has 1 fully saturated rings. The Morgan fingerprint density at radius 3 is 2.67 bits per heavy atom. The minimum atomic E-state index is -2.84. The van der Waals surface area contributed by atoms with Crippen molar-refractivity contribution in [1.82, 2.24) is 5.43 Å². The summed E-state index contributed by atoms with van der Waals surface area (Å²) in [6, 6.07) is 0.279. The van der Waals surface area contributed by atoms with Crippen LogP contribution in [-0.4, -0.2) is 26.5 Å². The Hall–Kier alpha value is -0.130. The number of nitrogens with two attached hydrogens (primary N) is 1. The van der Waals surface area contributed by atoms with Gasteiger partial charge in [0.2, 0.25) is 0 Å². The van der Waals surface area contributed by atoms with Gasteiger partial charge in [0, 0.05) is 18.1 Å². The van der Waals surface area contributed by atoms with E-state index in [0.717, 1.165) is 12.3 Å². The molecule has 0 aromatic carbocycles. The Bertz CT molecular complexity index is 330. The predicted molar refractivity (Wildman–Crippen MR) is 75.8 cm³/mol. The van der Waals surface area contributed by atoms with Crippen molar-refractivity contribution in [2.24, 2.45) is 17.7 Å². The van der Waals surface area contributed by atoms with Gasteiger partial charge in [0.25, 0.3) is 0 Å². The fourth-order valence-electron chi connectivity index (χ4n) is 3.09. The van der Waals surface area contributed by atoms with E-state index in [1.54, 1.807) is 0 Å². The maximum absolute atomic E-state index is 11.1. The second-order valence-corrected chi connectivity index (χ2v) is 8.01. The van der Waals surface area contributed by atoms with E-state index in [2.05, 4.69) is 12.3 Å². The lowest BCUT2D eigenvalue weighted by Gasteiger charge is -2.34. The molecule has 0 amide bonds. The van der Waals surface area contributed by atoms with Crippen LogP contribution in [0.15, 0.2) is 0 Å². The second kappa shape index (κ2) is 7.46. The Kier molecular flexibility index (Phi) is 6.60. The Labute approximate surface area is 112 Å². The van der Waals surface area contributed by atoms with Crippen LogP contribution in [0.2, 0.25) is 0 Å². The molecule has 1 aliphatic rings. The van der Waals surface area contributed by atoms with Crippen LogP contribution in [0.3, 0.4) is 0 Å². The third kappa shape index (κ3) is 5.67. The second-order valence-electron chi connectivity index (χ2n) is 5.75. The molecule has 0 bridgehead atoms. The minimum Gasteiger partial charge on any atom is -0.271 e. The zero-order valence-corrected chi connectivity index (χ0v) is 12.5. The summed E-state index contributed by atoms with van der Waals surface area (Å²) >= 11 is 0. The fourth-order valence-corrected chi connectivity index (χ4v) is 3.78. The van der Waals surface area contributed by atoms with Crippen molar-refractivity contribution in [2.45, 2.75) is 57.9 Å². The first-order valence-corrected chi connectivity index (χ1v) is 9.16. The molecule has 4 nitrogen and oxygen atoms in total. The van der Waals surface area contributed by atoms with E-state index in [-0.39, 0.29) is 11.8 Å². The number of nitrogens with one attached hydrogen (secondary N) is 1. The largest absolute Gasteiger partial charge is 0.271 e. The van der Waals surface area contributed by atoms with Gasteiger partial charge >= 0.3 is 0 Å². The molecule has 0 radical (unpaired) electrons. The van der Waals surface area contributed by atoms with Crippen molar-refractivity contribution in [2.75, 3.05) is 12.0 Å². The van der Waals surface area contributed by atoms with Crippen LogP contribution in [0, 0.1) is 11.8 Å². The highest BCUT2D eigenvalue weighted by Crippen LogP contribution is 2.33. The van der Waals surface area contributed by atoms with Crippen LogP contribution in [0.1, 0.15) is 51.9 Å². The van der Waals surface area contributed by atoms with E-state index in [9.17, 15) is 8.42 Å². The molecular weight excluding hydrogens is 248 g/mol. The van der Waals surface area contributed by atoms with Crippen LogP contribution < -0.4 is 11.3 Å². The molecule has 1 rings (SSSR count). The standard InChI is InChI=1S/C13H28N2O2S/c1-3-11-6-4-7-12(10-11)13(15-14)8-5-9-18(2,16)17/h11-13,15H,3-10,14H2,1-2H3. The van der Waals surface area contributed by atoms with Gasteiger partial charge in [-0.15, -0.1) is 0 Å². The third-order valence-corrected chi connectivity index (χ3v) is 5.24. The lowest BCUT2D eigenvalue weighted by atomic mass is 9.76. The van der Waals surface area contributed by atoms with Crippen LogP contribution in [0.5, 0.6) is 0 Å². The molecule has 0 aromatic heterocycles. The first-order chi connectivity index (χ1) is 8.46. The Morgan fingerprint density at radius 2 is 2.11 bits per heavy atom. The molecule has 0 aliphatic heterocycles. The molecule has 1 aliphatic carbocycles. The SMILES string of the molecule is CCC1CCCC(C(CCCS(C)(=O)=O)NN)C1. The smallest absolute Gasteiger partial charge is 0.147 e. The predicted octanol–water partition coefficient (Wildman–Crippen LogP) is 1.86. The van der Waals surface area contributed by atoms with Gasteiger partial charge in [0.1, 0.15) is 9.84 Å². The lowest BCUT2D eigenvalue weighted by Crippen LogP contribution is -2.42. The maximum Gasteiger partial charge on any atom is 0.147 e. The monoisotopic (exact) mass is 276 g/mol. The van der Waals surface area contributed by atoms with Gasteiger partial charge in [-0.1, -0.05) is 26.2 Å². The molecule has 3 N–H and O–H groups in total. The van der Waals surface area contributed by atoms with E-state index in [1.807, 2.05) is 0 Å². The highest BCUT2D eigenvalue weighted by atomic mass is 32.2. The van der Waals surface area contributed by atoms with Gasteiger partial charge in [0.15, 0.2) is 0 Å². The number of sulfone groups is 1. The number of hydrazine groups is 1. The summed E-state index contributed by atoms with van der Waals surface area (Å²) in [5.41, 5.74) is 2.91. The summed E-state index contributed by atoms with van der Waals surface area (Å²) in [7, 11) is -2.84. The molecule has 108 valence electrons. The molecule has 5 heteroatoms. The molecule has 18 heavy (non-hydrogen) atoms. The average Bonchev–Trinajstić information content (AvgIpc) is 2.33. The highest BCUT2D eigenvalue weighted by molar-refractivity contribution is 7.90. The quantitative estimate of drug-likeness (QED) is 0.550. The molecule has 3 atom stereocenters. The lowest BCUT2D eigenvalue weighted by molar-refractivity contribution is 0.202. The van der Waals surface area contributed by atoms with Gasteiger partial charge in [-0.25, -0.2) is 8.42 Å². The first-order valence-electron chi connectivity index (χ1n) is 7.10. The molecule has 0 aromatic rings. The summed E-state index contributed by atoms with van der Waals surface area (Å²) < 4.78 is 22.2. The van der Waals surface area contributed by atoms with Crippen molar-refractivity contribution >= 4 is 9.84 Å². The molecule has 1 saturated carbocycles. The summed E-state index contributed by atoms with van der Waals surface area (Å²) in [5.74, 6) is 7.36. The van der Waals surface area contributed by atoms with Crippen molar-refractivity contribution < 1.29 is 8.42 Å². The number of rotatable bonds is 7. The van der Waals surface area contributed by atoms with Crippen molar-refractivity contribution in [3.8, 4) is 0 Å². The molecular formula is C13H28N2O2S. The van der Waals surface area contributed by atoms with Gasteiger partial charge in [-0.05, 0) is 37.5 Å². The third-order valence-electron chi connectivity index (χ3n) is 4.21. The van der Waals surface area contributed by atoms with E-state index in [4.69, 9.17) is 5.84 Å². The summed E-state index contributed by atoms with van der Waals surface area (Å²) in [5, 5.41) is 0. The first kappa shape index (κ1) is 15.9. The maximum atomic E-state index is 11.1. The van der Waals surface area contributed by atoms with Gasteiger partial charge in [-0.2, -0.15) is 0 Å². The van der Waals surface area contributed by atoms with E-state index >= 15 is 0 Å². The van der Waals surface area contributed by atoms with Crippen LogP contribution in [0.25, 0.3) is 0 Å². The van der Waals surface area contributed by atoms with Crippen molar-refractivity contribution in [3.63, 3.8) is 0 Å². The van der Waals surface area contributed by atoms with Gasteiger partial charge in [0.05, 0.1) is 0 Å². The Morgan fingerprint density at radius 1 is 1.39 bits per heavy atom. The summed E-state index contributed by atoms with van der Waals surface area (Å²) in [6.45, 7) is 2.25. The van der Waals surface area contributed by atoms with Crippen LogP contribution in [0.4, 0.5) is 0 Å². The number of hydrogen-bond donors (Lipinski definition) is 2. The zero-order chi connectivity index (χ0) is 13.6. The normalized spacial score (nSPS) is 27.1. The number of hydrogen-bond acceptors (Lipinski definition) is 4. The van der Waals surface area contributed by atoms with E-state index < -0.39 is 9.84 Å². The van der Waals surface area contributed by atoms with Crippen LogP contribution >= 0.6 is 0 Å². The van der Waals surface area contributed by atoms with Crippen molar-refractivity contribution in [1.29, 1.82) is 0 Å². The molecule has 0 spiro atoms.